The van der Waals surface area contributed by atoms with E-state index in [4.69, 9.17) is 0 Å². The van der Waals surface area contributed by atoms with E-state index in [0.29, 0.717) is 11.3 Å². The molecule has 1 saturated heterocycles. The van der Waals surface area contributed by atoms with Crippen LogP contribution >= 0.6 is 0 Å². The molecule has 5 rings (SSSR count). The second kappa shape index (κ2) is 8.50. The molecule has 1 aromatic carbocycles. The number of piperazine rings is 1. The molecule has 13 heteroatoms. The summed E-state index contributed by atoms with van der Waals surface area (Å²) in [6, 6.07) is 6.26. The predicted molar refractivity (Wildman–Crippen MR) is 124 cm³/mol. The van der Waals surface area contributed by atoms with Gasteiger partial charge in [-0.15, -0.1) is 5.10 Å². The fraction of sp³-hybridized carbons (Fsp3) is 0.286. The van der Waals surface area contributed by atoms with E-state index in [-0.39, 0.29) is 28.8 Å². The molecule has 0 aliphatic carbocycles. The summed E-state index contributed by atoms with van der Waals surface area (Å²) in [5, 5.41) is 12.7. The average Bonchev–Trinajstić information content (AvgIpc) is 3.44. The van der Waals surface area contributed by atoms with Crippen LogP contribution < -0.4 is 20.4 Å². The number of fused-ring (bicyclic) bond motifs is 1. The monoisotopic (exact) mass is 482 g/mol. The summed E-state index contributed by atoms with van der Waals surface area (Å²) in [7, 11) is -3.45. The van der Waals surface area contributed by atoms with Crippen LogP contribution in [0, 0.1) is 0 Å². The van der Waals surface area contributed by atoms with E-state index in [9.17, 15) is 18.0 Å². The fourth-order valence-corrected chi connectivity index (χ4v) is 4.64. The van der Waals surface area contributed by atoms with E-state index in [1.807, 2.05) is 6.07 Å². The largest absolute Gasteiger partial charge is 0.367 e. The summed E-state index contributed by atoms with van der Waals surface area (Å²) in [5.41, 5.74) is 2.33. The number of carbonyl (C=O) groups is 2. The molecule has 176 valence electrons. The highest BCUT2D eigenvalue weighted by Gasteiger charge is 2.32. The molecule has 0 radical (unpaired) electrons. The summed E-state index contributed by atoms with van der Waals surface area (Å²) in [5.74, 6) is -0.988. The minimum atomic E-state index is -3.45. The molecule has 3 aromatic rings. The lowest BCUT2D eigenvalue weighted by molar-refractivity contribution is 0.0990. The van der Waals surface area contributed by atoms with Gasteiger partial charge in [0.2, 0.25) is 5.82 Å². The van der Waals surface area contributed by atoms with E-state index in [1.54, 1.807) is 18.5 Å². The molecule has 2 aliphatic heterocycles. The minimum Gasteiger partial charge on any atom is -0.367 e. The molecule has 2 aliphatic rings. The Bertz CT molecular complexity index is 1380. The zero-order chi connectivity index (χ0) is 23.9. The molecule has 3 N–H and O–H groups in total. The van der Waals surface area contributed by atoms with Gasteiger partial charge in [0.25, 0.3) is 17.8 Å². The Kier molecular flexibility index (Phi) is 5.49. The molecular formula is C21H22N8O4S. The first-order valence-electron chi connectivity index (χ1n) is 10.6. The first kappa shape index (κ1) is 22.0. The van der Waals surface area contributed by atoms with E-state index in [1.165, 1.54) is 17.0 Å². The highest BCUT2D eigenvalue weighted by Crippen LogP contribution is 2.29. The number of H-pyrrole nitrogens is 1. The molecule has 2 amide bonds. The van der Waals surface area contributed by atoms with Gasteiger partial charge in [-0.05, 0) is 23.8 Å². The molecule has 2 aromatic heterocycles. The van der Waals surface area contributed by atoms with E-state index in [2.05, 4.69) is 35.7 Å². The van der Waals surface area contributed by atoms with Crippen molar-refractivity contribution in [1.82, 2.24) is 25.5 Å². The molecule has 0 spiro atoms. The topological polar surface area (TPSA) is 153 Å². The predicted octanol–water partition coefficient (Wildman–Crippen LogP) is 0.426. The number of aromatic nitrogens is 4. The van der Waals surface area contributed by atoms with Crippen LogP contribution in [0.4, 0.5) is 17.3 Å². The number of benzene rings is 1. The van der Waals surface area contributed by atoms with Crippen molar-refractivity contribution in [1.29, 1.82) is 0 Å². The Morgan fingerprint density at radius 1 is 1.18 bits per heavy atom. The third-order valence-electron chi connectivity index (χ3n) is 5.75. The van der Waals surface area contributed by atoms with Crippen molar-refractivity contribution in [3.8, 4) is 0 Å². The van der Waals surface area contributed by atoms with Crippen LogP contribution in [0.1, 0.15) is 26.5 Å². The Balaban J connectivity index is 1.34. The van der Waals surface area contributed by atoms with Gasteiger partial charge in [-0.25, -0.2) is 8.42 Å². The third-order valence-corrected chi connectivity index (χ3v) is 6.86. The van der Waals surface area contributed by atoms with Gasteiger partial charge in [0.15, 0.2) is 9.84 Å². The van der Waals surface area contributed by atoms with E-state index < -0.39 is 21.7 Å². The first-order chi connectivity index (χ1) is 16.3. The number of nitrogens with zero attached hydrogens (tertiary/aromatic N) is 5. The van der Waals surface area contributed by atoms with Crippen molar-refractivity contribution in [2.75, 3.05) is 47.6 Å². The molecule has 0 unspecified atom stereocenters. The maximum Gasteiger partial charge on any atom is 0.293 e. The molecule has 34 heavy (non-hydrogen) atoms. The SMILES string of the molecule is CS(=O)(=O)c1ccc2c(c1)C(=O)N(c1n[nH]c(C(=O)Nc3cnccc3N3CCNCC3)n1)C2. The molecule has 0 bridgehead atoms. The number of rotatable bonds is 5. The fourth-order valence-electron chi connectivity index (χ4n) is 3.99. The Hall–Kier alpha value is -3.84. The highest BCUT2D eigenvalue weighted by molar-refractivity contribution is 7.90. The van der Waals surface area contributed by atoms with Crippen molar-refractivity contribution in [3.05, 3.63) is 53.6 Å². The second-order valence-corrected chi connectivity index (χ2v) is 10.1. The van der Waals surface area contributed by atoms with E-state index >= 15 is 0 Å². The van der Waals surface area contributed by atoms with Crippen LogP contribution in [0.25, 0.3) is 0 Å². The number of hydrogen-bond acceptors (Lipinski definition) is 9. The van der Waals surface area contributed by atoms with Gasteiger partial charge < -0.3 is 15.5 Å². The molecule has 4 heterocycles. The van der Waals surface area contributed by atoms with Crippen LogP contribution in [0.2, 0.25) is 0 Å². The maximum absolute atomic E-state index is 12.9. The van der Waals surface area contributed by atoms with Gasteiger partial charge in [-0.1, -0.05) is 6.07 Å². The van der Waals surface area contributed by atoms with Crippen molar-refractivity contribution >= 4 is 39.0 Å². The number of sulfone groups is 1. The van der Waals surface area contributed by atoms with Gasteiger partial charge in [-0.3, -0.25) is 24.6 Å². The Labute approximate surface area is 195 Å². The summed E-state index contributed by atoms with van der Waals surface area (Å²) in [6.07, 6.45) is 4.33. The zero-order valence-corrected chi connectivity index (χ0v) is 19.1. The minimum absolute atomic E-state index is 0.0285. The van der Waals surface area contributed by atoms with Crippen molar-refractivity contribution in [3.63, 3.8) is 0 Å². The van der Waals surface area contributed by atoms with Crippen LogP contribution in [0.15, 0.2) is 41.6 Å². The van der Waals surface area contributed by atoms with Gasteiger partial charge in [-0.2, -0.15) is 4.98 Å². The highest BCUT2D eigenvalue weighted by atomic mass is 32.2. The van der Waals surface area contributed by atoms with Crippen LogP contribution in [0.5, 0.6) is 0 Å². The maximum atomic E-state index is 12.9. The van der Waals surface area contributed by atoms with Crippen LogP contribution in [-0.4, -0.2) is 72.8 Å². The third kappa shape index (κ3) is 4.10. The van der Waals surface area contributed by atoms with E-state index in [0.717, 1.165) is 38.1 Å². The quantitative estimate of drug-likeness (QED) is 0.470. The molecule has 12 nitrogen and oxygen atoms in total. The molecule has 0 atom stereocenters. The second-order valence-electron chi connectivity index (χ2n) is 8.05. The summed E-state index contributed by atoms with van der Waals surface area (Å²) in [6.45, 7) is 3.47. The molecule has 1 fully saturated rings. The number of nitrogens with one attached hydrogen (secondary N) is 3. The number of aromatic amines is 1. The summed E-state index contributed by atoms with van der Waals surface area (Å²) < 4.78 is 23.7. The van der Waals surface area contributed by atoms with Crippen LogP contribution in [0.3, 0.4) is 0 Å². The zero-order valence-electron chi connectivity index (χ0n) is 18.3. The number of hydrogen-bond donors (Lipinski definition) is 3. The Morgan fingerprint density at radius 2 is 1.97 bits per heavy atom. The molecular weight excluding hydrogens is 460 g/mol. The van der Waals surface area contributed by atoms with Crippen LogP contribution in [-0.2, 0) is 16.4 Å². The van der Waals surface area contributed by atoms with Crippen molar-refractivity contribution in [2.24, 2.45) is 0 Å². The number of pyridine rings is 1. The van der Waals surface area contributed by atoms with Crippen molar-refractivity contribution in [2.45, 2.75) is 11.4 Å². The average molecular weight is 483 g/mol. The number of anilines is 3. The lowest BCUT2D eigenvalue weighted by Crippen LogP contribution is -2.43. The first-order valence-corrected chi connectivity index (χ1v) is 12.5. The summed E-state index contributed by atoms with van der Waals surface area (Å²) in [4.78, 5) is 37.6. The van der Waals surface area contributed by atoms with Crippen molar-refractivity contribution < 1.29 is 18.0 Å². The normalized spacial score (nSPS) is 16.0. The van der Waals surface area contributed by atoms with Gasteiger partial charge in [0.05, 0.1) is 29.0 Å². The smallest absolute Gasteiger partial charge is 0.293 e. The lowest BCUT2D eigenvalue weighted by Gasteiger charge is -2.30. The Morgan fingerprint density at radius 3 is 2.74 bits per heavy atom. The van der Waals surface area contributed by atoms with Gasteiger partial charge in [0.1, 0.15) is 0 Å². The standard InChI is InChI=1S/C21H22N8O4S/c1-34(32,33)14-3-2-13-12-29(20(31)15(13)10-14)21-25-18(26-27-21)19(30)24-16-11-23-5-4-17(16)28-8-6-22-7-9-28/h2-5,10-11,22H,6-9,12H2,1H3,(H,24,30)(H,25,26,27). The van der Waals surface area contributed by atoms with Gasteiger partial charge >= 0.3 is 0 Å². The summed E-state index contributed by atoms with van der Waals surface area (Å²) >= 11 is 0. The molecule has 0 saturated carbocycles. The lowest BCUT2D eigenvalue weighted by atomic mass is 10.1. The number of carbonyl (C=O) groups excluding carboxylic acids is 2. The number of amides is 2. The van der Waals surface area contributed by atoms with Gasteiger partial charge in [0, 0.05) is 44.2 Å².